The van der Waals surface area contributed by atoms with Gasteiger partial charge in [-0.15, -0.1) is 11.3 Å². The second-order valence-electron chi connectivity index (χ2n) is 4.54. The number of nitrogens with one attached hydrogen (secondary N) is 2. The summed E-state index contributed by atoms with van der Waals surface area (Å²) in [4.78, 5) is 16.1. The van der Waals surface area contributed by atoms with Crippen molar-refractivity contribution in [3.05, 3.63) is 52.0 Å². The number of carbonyl (C=O) groups excluding carboxylic acids is 1. The van der Waals surface area contributed by atoms with Gasteiger partial charge in [0.2, 0.25) is 0 Å². The molecule has 0 saturated carbocycles. The Hall–Kier alpha value is -1.88. The SMILES string of the molecule is CCc1ccccc1CNC(=O)N[C@H](C)c1nccs1. The van der Waals surface area contributed by atoms with Gasteiger partial charge >= 0.3 is 6.03 Å². The van der Waals surface area contributed by atoms with Gasteiger partial charge in [0.15, 0.2) is 0 Å². The third-order valence-electron chi connectivity index (χ3n) is 3.11. The van der Waals surface area contributed by atoms with Gasteiger partial charge in [0.05, 0.1) is 6.04 Å². The molecule has 20 heavy (non-hydrogen) atoms. The first-order valence-corrected chi connectivity index (χ1v) is 7.59. The summed E-state index contributed by atoms with van der Waals surface area (Å²) in [6, 6.07) is 7.91. The molecule has 0 aliphatic rings. The van der Waals surface area contributed by atoms with Crippen LogP contribution in [0.1, 0.15) is 36.0 Å². The molecule has 1 heterocycles. The summed E-state index contributed by atoms with van der Waals surface area (Å²) >= 11 is 1.54. The van der Waals surface area contributed by atoms with Crippen molar-refractivity contribution in [3.63, 3.8) is 0 Å². The fourth-order valence-corrected chi connectivity index (χ4v) is 2.65. The minimum absolute atomic E-state index is 0.0728. The topological polar surface area (TPSA) is 54.0 Å². The highest BCUT2D eigenvalue weighted by Crippen LogP contribution is 2.14. The molecular weight excluding hydrogens is 270 g/mol. The summed E-state index contributed by atoms with van der Waals surface area (Å²) in [7, 11) is 0. The Balaban J connectivity index is 1.86. The smallest absolute Gasteiger partial charge is 0.315 e. The summed E-state index contributed by atoms with van der Waals surface area (Å²) in [5.41, 5.74) is 2.42. The molecule has 0 bridgehead atoms. The highest BCUT2D eigenvalue weighted by atomic mass is 32.1. The number of nitrogens with zero attached hydrogens (tertiary/aromatic N) is 1. The number of rotatable bonds is 5. The number of hydrogen-bond acceptors (Lipinski definition) is 3. The van der Waals surface area contributed by atoms with Crippen molar-refractivity contribution < 1.29 is 4.79 Å². The number of urea groups is 1. The van der Waals surface area contributed by atoms with E-state index in [1.54, 1.807) is 6.20 Å². The third kappa shape index (κ3) is 3.81. The van der Waals surface area contributed by atoms with Gasteiger partial charge in [0, 0.05) is 18.1 Å². The zero-order valence-electron chi connectivity index (χ0n) is 11.7. The normalized spacial score (nSPS) is 11.9. The van der Waals surface area contributed by atoms with Crippen LogP contribution in [0.3, 0.4) is 0 Å². The predicted molar refractivity (Wildman–Crippen MR) is 81.7 cm³/mol. The van der Waals surface area contributed by atoms with Gasteiger partial charge in [-0.3, -0.25) is 0 Å². The lowest BCUT2D eigenvalue weighted by atomic mass is 10.1. The van der Waals surface area contributed by atoms with Crippen LogP contribution in [0, 0.1) is 0 Å². The second kappa shape index (κ2) is 7.05. The third-order valence-corrected chi connectivity index (χ3v) is 4.07. The highest BCUT2D eigenvalue weighted by Gasteiger charge is 2.11. The first kappa shape index (κ1) is 14.5. The van der Waals surface area contributed by atoms with Gasteiger partial charge in [-0.1, -0.05) is 31.2 Å². The summed E-state index contributed by atoms with van der Waals surface area (Å²) in [5, 5.41) is 8.60. The number of carbonyl (C=O) groups is 1. The van der Waals surface area contributed by atoms with E-state index in [0.29, 0.717) is 6.54 Å². The average Bonchev–Trinajstić information content (AvgIpc) is 2.99. The molecule has 2 N–H and O–H groups in total. The Morgan fingerprint density at radius 2 is 2.10 bits per heavy atom. The maximum Gasteiger partial charge on any atom is 0.315 e. The Kier molecular flexibility index (Phi) is 5.12. The molecule has 2 amide bonds. The molecule has 0 unspecified atom stereocenters. The van der Waals surface area contributed by atoms with E-state index >= 15 is 0 Å². The summed E-state index contributed by atoms with van der Waals surface area (Å²) in [6.07, 6.45) is 2.71. The van der Waals surface area contributed by atoms with Gasteiger partial charge in [-0.2, -0.15) is 0 Å². The molecular formula is C15H19N3OS. The molecule has 0 aliphatic heterocycles. The molecule has 0 fully saturated rings. The summed E-state index contributed by atoms with van der Waals surface area (Å²) in [5.74, 6) is 0. The number of thiazole rings is 1. The molecule has 4 nitrogen and oxygen atoms in total. The standard InChI is InChI=1S/C15H19N3OS/c1-3-12-6-4-5-7-13(12)10-17-15(19)18-11(2)14-16-8-9-20-14/h4-9,11H,3,10H2,1-2H3,(H2,17,18,19)/t11-/m1/s1. The molecule has 106 valence electrons. The molecule has 1 atom stereocenters. The van der Waals surface area contributed by atoms with Crippen LogP contribution in [-0.2, 0) is 13.0 Å². The number of aryl methyl sites for hydroxylation is 1. The first-order chi connectivity index (χ1) is 9.70. The zero-order chi connectivity index (χ0) is 14.4. The highest BCUT2D eigenvalue weighted by molar-refractivity contribution is 7.09. The number of benzene rings is 1. The van der Waals surface area contributed by atoms with Gasteiger partial charge in [-0.05, 0) is 24.5 Å². The monoisotopic (exact) mass is 289 g/mol. The molecule has 1 aromatic heterocycles. The Morgan fingerprint density at radius 1 is 1.35 bits per heavy atom. The van der Waals surface area contributed by atoms with Crippen LogP contribution in [0.25, 0.3) is 0 Å². The van der Waals surface area contributed by atoms with Crippen LogP contribution in [0.15, 0.2) is 35.8 Å². The second-order valence-corrected chi connectivity index (χ2v) is 5.47. The fraction of sp³-hybridized carbons (Fsp3) is 0.333. The first-order valence-electron chi connectivity index (χ1n) is 6.71. The van der Waals surface area contributed by atoms with Crippen LogP contribution in [0.4, 0.5) is 4.79 Å². The predicted octanol–water partition coefficient (Wildman–Crippen LogP) is 3.27. The number of aromatic nitrogens is 1. The van der Waals surface area contributed by atoms with Crippen molar-refractivity contribution in [1.82, 2.24) is 15.6 Å². The van der Waals surface area contributed by atoms with Gasteiger partial charge in [0.1, 0.15) is 5.01 Å². The van der Waals surface area contributed by atoms with E-state index in [9.17, 15) is 4.79 Å². The molecule has 0 spiro atoms. The van der Waals surface area contributed by atoms with Crippen molar-refractivity contribution in [2.45, 2.75) is 32.9 Å². The van der Waals surface area contributed by atoms with Gasteiger partial charge < -0.3 is 10.6 Å². The van der Waals surface area contributed by atoms with Crippen LogP contribution in [0.2, 0.25) is 0 Å². The van der Waals surface area contributed by atoms with E-state index in [4.69, 9.17) is 0 Å². The molecule has 5 heteroatoms. The van der Waals surface area contributed by atoms with E-state index in [-0.39, 0.29) is 12.1 Å². The lowest BCUT2D eigenvalue weighted by Crippen LogP contribution is -2.36. The Labute approximate surface area is 123 Å². The summed E-state index contributed by atoms with van der Waals surface area (Å²) < 4.78 is 0. The van der Waals surface area contributed by atoms with Crippen LogP contribution < -0.4 is 10.6 Å². The van der Waals surface area contributed by atoms with Crippen molar-refractivity contribution in [2.24, 2.45) is 0 Å². The van der Waals surface area contributed by atoms with E-state index in [1.807, 2.05) is 30.5 Å². The average molecular weight is 289 g/mol. The molecule has 2 rings (SSSR count). The van der Waals surface area contributed by atoms with E-state index in [2.05, 4.69) is 28.6 Å². The van der Waals surface area contributed by atoms with Crippen molar-refractivity contribution in [1.29, 1.82) is 0 Å². The van der Waals surface area contributed by atoms with Gasteiger partial charge in [0.25, 0.3) is 0 Å². The summed E-state index contributed by atoms with van der Waals surface area (Å²) in [6.45, 7) is 4.59. The maximum atomic E-state index is 11.9. The quantitative estimate of drug-likeness (QED) is 0.887. The number of amides is 2. The largest absolute Gasteiger partial charge is 0.334 e. The molecule has 0 aliphatic carbocycles. The molecule has 1 aromatic carbocycles. The maximum absolute atomic E-state index is 11.9. The van der Waals surface area contributed by atoms with Gasteiger partial charge in [-0.25, -0.2) is 9.78 Å². The minimum atomic E-state index is -0.168. The Bertz CT molecular complexity index is 554. The molecule has 0 saturated heterocycles. The van der Waals surface area contributed by atoms with Crippen molar-refractivity contribution in [3.8, 4) is 0 Å². The minimum Gasteiger partial charge on any atom is -0.334 e. The van der Waals surface area contributed by atoms with Crippen LogP contribution >= 0.6 is 11.3 Å². The van der Waals surface area contributed by atoms with Crippen LogP contribution in [-0.4, -0.2) is 11.0 Å². The van der Waals surface area contributed by atoms with E-state index in [0.717, 1.165) is 17.0 Å². The van der Waals surface area contributed by atoms with Crippen molar-refractivity contribution in [2.75, 3.05) is 0 Å². The molecule has 0 radical (unpaired) electrons. The van der Waals surface area contributed by atoms with Crippen molar-refractivity contribution >= 4 is 17.4 Å². The zero-order valence-corrected chi connectivity index (χ0v) is 12.5. The lowest BCUT2D eigenvalue weighted by molar-refractivity contribution is 0.237. The molecule has 2 aromatic rings. The lowest BCUT2D eigenvalue weighted by Gasteiger charge is -2.13. The Morgan fingerprint density at radius 3 is 2.75 bits per heavy atom. The van der Waals surface area contributed by atoms with E-state index in [1.165, 1.54) is 16.9 Å². The fourth-order valence-electron chi connectivity index (χ4n) is 2.01. The van der Waals surface area contributed by atoms with Crippen LogP contribution in [0.5, 0.6) is 0 Å². The van der Waals surface area contributed by atoms with E-state index < -0.39 is 0 Å². The number of hydrogen-bond donors (Lipinski definition) is 2.